The molecule has 3 aromatic rings. The van der Waals surface area contributed by atoms with Gasteiger partial charge >= 0.3 is 0 Å². The van der Waals surface area contributed by atoms with Gasteiger partial charge in [0.05, 0.1) is 32.0 Å². The van der Waals surface area contributed by atoms with Gasteiger partial charge in [0, 0.05) is 23.7 Å². The average molecular weight is 366 g/mol. The largest absolute Gasteiger partial charge is 0.497 e. The third-order valence-electron chi connectivity index (χ3n) is 4.75. The van der Waals surface area contributed by atoms with Gasteiger partial charge in [-0.2, -0.15) is 0 Å². The fourth-order valence-corrected chi connectivity index (χ4v) is 4.29. The highest BCUT2D eigenvalue weighted by Crippen LogP contribution is 2.36. The second kappa shape index (κ2) is 7.38. The summed E-state index contributed by atoms with van der Waals surface area (Å²) in [4.78, 5) is 7.30. The summed E-state index contributed by atoms with van der Waals surface area (Å²) in [6.07, 6.45) is 2.36. The highest BCUT2D eigenvalue weighted by Gasteiger charge is 2.18. The number of aromatic nitrogens is 1. The van der Waals surface area contributed by atoms with E-state index in [1.54, 1.807) is 25.6 Å². The van der Waals surface area contributed by atoms with E-state index in [1.165, 1.54) is 17.7 Å². The predicted molar refractivity (Wildman–Crippen MR) is 106 cm³/mol. The van der Waals surface area contributed by atoms with Gasteiger partial charge < -0.3 is 14.4 Å². The van der Waals surface area contributed by atoms with Crippen LogP contribution in [-0.4, -0.2) is 25.7 Å². The van der Waals surface area contributed by atoms with Crippen LogP contribution in [0.2, 0.25) is 0 Å². The number of hydrogen-bond acceptors (Lipinski definition) is 5. The van der Waals surface area contributed by atoms with E-state index in [2.05, 4.69) is 34.5 Å². The minimum atomic E-state index is 0.785. The van der Waals surface area contributed by atoms with Crippen LogP contribution in [0.25, 0.3) is 10.6 Å². The van der Waals surface area contributed by atoms with Crippen LogP contribution < -0.4 is 14.4 Å². The molecule has 0 fully saturated rings. The van der Waals surface area contributed by atoms with Crippen molar-refractivity contribution in [1.29, 1.82) is 0 Å². The van der Waals surface area contributed by atoms with Crippen LogP contribution in [-0.2, 0) is 13.0 Å². The molecular formula is C21H22N2O2S. The smallest absolute Gasteiger partial charge is 0.132 e. The molecule has 0 amide bonds. The molecule has 1 aromatic heterocycles. The predicted octanol–water partition coefficient (Wildman–Crippen LogP) is 4.78. The van der Waals surface area contributed by atoms with Gasteiger partial charge in [0.15, 0.2) is 0 Å². The van der Waals surface area contributed by atoms with Crippen LogP contribution in [0.15, 0.2) is 47.8 Å². The minimum Gasteiger partial charge on any atom is -0.497 e. The van der Waals surface area contributed by atoms with E-state index in [0.717, 1.165) is 47.3 Å². The number of hydrogen-bond donors (Lipinski definition) is 0. The Morgan fingerprint density at radius 2 is 2.00 bits per heavy atom. The van der Waals surface area contributed by atoms with Crippen molar-refractivity contribution in [3.8, 4) is 22.1 Å². The van der Waals surface area contributed by atoms with Crippen molar-refractivity contribution in [2.45, 2.75) is 19.4 Å². The number of thiazole rings is 1. The molecule has 2 aromatic carbocycles. The van der Waals surface area contributed by atoms with E-state index >= 15 is 0 Å². The summed E-state index contributed by atoms with van der Waals surface area (Å²) in [5.41, 5.74) is 4.88. The first-order valence-corrected chi connectivity index (χ1v) is 9.66. The minimum absolute atomic E-state index is 0.785. The highest BCUT2D eigenvalue weighted by atomic mass is 32.1. The van der Waals surface area contributed by atoms with Crippen molar-refractivity contribution in [2.24, 2.45) is 0 Å². The van der Waals surface area contributed by atoms with E-state index in [-0.39, 0.29) is 0 Å². The summed E-state index contributed by atoms with van der Waals surface area (Å²) < 4.78 is 10.8. The zero-order valence-corrected chi connectivity index (χ0v) is 15.9. The lowest BCUT2D eigenvalue weighted by molar-refractivity contribution is 0.395. The average Bonchev–Trinajstić information content (AvgIpc) is 3.16. The van der Waals surface area contributed by atoms with Crippen molar-refractivity contribution >= 4 is 17.0 Å². The molecule has 1 aliphatic rings. The van der Waals surface area contributed by atoms with Crippen molar-refractivity contribution in [3.63, 3.8) is 0 Å². The number of fused-ring (bicyclic) bond motifs is 1. The third kappa shape index (κ3) is 3.27. The fourth-order valence-electron chi connectivity index (χ4n) is 3.45. The number of methoxy groups -OCH3 is 2. The van der Waals surface area contributed by atoms with Crippen LogP contribution in [0.5, 0.6) is 11.5 Å². The van der Waals surface area contributed by atoms with E-state index < -0.39 is 0 Å². The molecule has 134 valence electrons. The van der Waals surface area contributed by atoms with Crippen LogP contribution in [0.4, 0.5) is 5.69 Å². The molecule has 0 N–H and O–H groups in total. The summed E-state index contributed by atoms with van der Waals surface area (Å²) >= 11 is 1.66. The number of benzene rings is 2. The van der Waals surface area contributed by atoms with Crippen molar-refractivity contribution in [2.75, 3.05) is 25.7 Å². The number of para-hydroxylation sites is 1. The summed E-state index contributed by atoms with van der Waals surface area (Å²) in [7, 11) is 3.34. The van der Waals surface area contributed by atoms with Gasteiger partial charge in [-0.25, -0.2) is 4.98 Å². The molecule has 4 nitrogen and oxygen atoms in total. The van der Waals surface area contributed by atoms with Crippen LogP contribution in [0.1, 0.15) is 17.7 Å². The molecular weight excluding hydrogens is 344 g/mol. The second-order valence-corrected chi connectivity index (χ2v) is 7.22. The van der Waals surface area contributed by atoms with Gasteiger partial charge in [-0.15, -0.1) is 11.3 Å². The maximum absolute atomic E-state index is 5.52. The molecule has 5 heteroatoms. The van der Waals surface area contributed by atoms with Gasteiger partial charge in [-0.3, -0.25) is 0 Å². The van der Waals surface area contributed by atoms with Gasteiger partial charge in [-0.05, 0) is 36.6 Å². The van der Waals surface area contributed by atoms with Crippen LogP contribution >= 0.6 is 11.3 Å². The third-order valence-corrected chi connectivity index (χ3v) is 5.67. The molecule has 0 aliphatic carbocycles. The Kier molecular flexibility index (Phi) is 4.80. The Bertz CT molecular complexity index is 907. The molecule has 0 unspecified atom stereocenters. The normalized spacial score (nSPS) is 13.4. The Balaban J connectivity index is 1.58. The highest BCUT2D eigenvalue weighted by molar-refractivity contribution is 7.13. The molecule has 4 rings (SSSR count). The topological polar surface area (TPSA) is 34.6 Å². The van der Waals surface area contributed by atoms with E-state index in [1.807, 2.05) is 18.2 Å². The molecule has 26 heavy (non-hydrogen) atoms. The van der Waals surface area contributed by atoms with Gasteiger partial charge in [0.2, 0.25) is 0 Å². The Hall–Kier alpha value is -2.53. The molecule has 0 spiro atoms. The van der Waals surface area contributed by atoms with E-state index in [4.69, 9.17) is 14.5 Å². The van der Waals surface area contributed by atoms with E-state index in [9.17, 15) is 0 Å². The first-order chi connectivity index (χ1) is 12.8. The number of ether oxygens (including phenoxy) is 2. The summed E-state index contributed by atoms with van der Waals surface area (Å²) in [6, 6.07) is 14.5. The summed E-state index contributed by atoms with van der Waals surface area (Å²) in [5.74, 6) is 1.57. The lowest BCUT2D eigenvalue weighted by Crippen LogP contribution is -2.28. The molecule has 1 aliphatic heterocycles. The molecule has 0 bridgehead atoms. The van der Waals surface area contributed by atoms with Crippen molar-refractivity contribution in [3.05, 3.63) is 59.1 Å². The zero-order valence-electron chi connectivity index (χ0n) is 15.1. The standard InChI is InChI=1S/C21H22N2O2S/c1-24-17-9-10-18(20(12-17)25-2)21-22-16(14-26-21)13-23-11-5-7-15-6-3-4-8-19(15)23/h3-4,6,8-10,12,14H,5,7,11,13H2,1-2H3. The number of nitrogens with zero attached hydrogens (tertiary/aromatic N) is 2. The maximum atomic E-state index is 5.52. The molecule has 2 heterocycles. The first kappa shape index (κ1) is 16.9. The second-order valence-electron chi connectivity index (χ2n) is 6.36. The molecule has 0 atom stereocenters. The van der Waals surface area contributed by atoms with Gasteiger partial charge in [-0.1, -0.05) is 18.2 Å². The van der Waals surface area contributed by atoms with Gasteiger partial charge in [0.1, 0.15) is 16.5 Å². The van der Waals surface area contributed by atoms with Crippen molar-refractivity contribution < 1.29 is 9.47 Å². The lowest BCUT2D eigenvalue weighted by atomic mass is 10.0. The molecule has 0 radical (unpaired) electrons. The zero-order chi connectivity index (χ0) is 17.9. The van der Waals surface area contributed by atoms with Crippen molar-refractivity contribution in [1.82, 2.24) is 4.98 Å². The maximum Gasteiger partial charge on any atom is 0.132 e. The van der Waals surface area contributed by atoms with Crippen LogP contribution in [0, 0.1) is 0 Å². The quantitative estimate of drug-likeness (QED) is 0.651. The number of aryl methyl sites for hydroxylation is 1. The Labute approximate surface area is 158 Å². The van der Waals surface area contributed by atoms with Gasteiger partial charge in [0.25, 0.3) is 0 Å². The molecule has 0 saturated heterocycles. The lowest BCUT2D eigenvalue weighted by Gasteiger charge is -2.30. The summed E-state index contributed by atoms with van der Waals surface area (Å²) in [6.45, 7) is 1.92. The molecule has 0 saturated carbocycles. The Morgan fingerprint density at radius 3 is 2.85 bits per heavy atom. The SMILES string of the molecule is COc1ccc(-c2nc(CN3CCCc4ccccc43)cs2)c(OC)c1. The Morgan fingerprint density at radius 1 is 1.12 bits per heavy atom. The summed E-state index contributed by atoms with van der Waals surface area (Å²) in [5, 5.41) is 3.13. The monoisotopic (exact) mass is 366 g/mol. The number of rotatable bonds is 5. The number of anilines is 1. The first-order valence-electron chi connectivity index (χ1n) is 8.78. The van der Waals surface area contributed by atoms with Crippen LogP contribution in [0.3, 0.4) is 0 Å². The van der Waals surface area contributed by atoms with E-state index in [0.29, 0.717) is 0 Å². The fraction of sp³-hybridized carbons (Fsp3) is 0.286.